The van der Waals surface area contributed by atoms with Crippen LogP contribution in [-0.4, -0.2) is 79.9 Å². The number of nitrogens with zero attached hydrogens (tertiary/aromatic N) is 2. The van der Waals surface area contributed by atoms with Gasteiger partial charge in [-0.25, -0.2) is 0 Å². The molecular weight excluding hydrogens is 499 g/mol. The fourth-order valence-corrected chi connectivity index (χ4v) is 5.06. The molecule has 2 aromatic carbocycles. The van der Waals surface area contributed by atoms with E-state index in [0.29, 0.717) is 32.6 Å². The van der Waals surface area contributed by atoms with Crippen LogP contribution in [0.5, 0.6) is 11.5 Å². The molecule has 2 heterocycles. The summed E-state index contributed by atoms with van der Waals surface area (Å²) in [6.07, 6.45) is -2.98. The fraction of sp³-hybridized carbons (Fsp3) is 0.536. The molecule has 2 saturated heterocycles. The van der Waals surface area contributed by atoms with E-state index in [0.717, 1.165) is 57.0 Å². The van der Waals surface area contributed by atoms with Crippen molar-refractivity contribution >= 4 is 5.91 Å². The molecule has 2 aliphatic heterocycles. The van der Waals surface area contributed by atoms with Crippen LogP contribution in [0.2, 0.25) is 0 Å². The van der Waals surface area contributed by atoms with Crippen LogP contribution < -0.4 is 10.1 Å². The van der Waals surface area contributed by atoms with E-state index >= 15 is 0 Å². The molecule has 0 aromatic heterocycles. The van der Waals surface area contributed by atoms with Crippen molar-refractivity contribution in [1.82, 2.24) is 15.1 Å². The Morgan fingerprint density at radius 3 is 2.58 bits per heavy atom. The number of ether oxygens (including phenoxy) is 2. The van der Waals surface area contributed by atoms with Crippen molar-refractivity contribution in [2.24, 2.45) is 11.8 Å². The Balaban J connectivity index is 1.34. The van der Waals surface area contributed by atoms with Gasteiger partial charge in [0, 0.05) is 45.2 Å². The predicted octanol–water partition coefficient (Wildman–Crippen LogP) is 3.77. The molecule has 0 aliphatic carbocycles. The van der Waals surface area contributed by atoms with Gasteiger partial charge in [0.2, 0.25) is 5.91 Å². The largest absolute Gasteiger partial charge is 0.508 e. The Morgan fingerprint density at radius 1 is 1.08 bits per heavy atom. The number of amides is 1. The third-order valence-corrected chi connectivity index (χ3v) is 7.03. The van der Waals surface area contributed by atoms with Crippen molar-refractivity contribution in [3.8, 4) is 11.5 Å². The normalized spacial score (nSPS) is 21.2. The number of likely N-dealkylation sites (tertiary alicyclic amines) is 1. The Morgan fingerprint density at radius 2 is 1.84 bits per heavy atom. The summed E-state index contributed by atoms with van der Waals surface area (Å²) in [5, 5.41) is 12.7. The van der Waals surface area contributed by atoms with Crippen LogP contribution in [0.1, 0.15) is 24.0 Å². The standard InChI is InChI=1S/C28H36F3N3O4/c29-28(30,31)24-3-1-4-26(16-24)38-20-22-15-23(19-34(18-22)17-21-5-7-25(35)8-6-21)27(36)32-9-2-10-33-11-13-37-14-12-33/h1,3-8,16,22-23,35H,2,9-15,17-20H2,(H,32,36)/t22-,23+/m0/s1. The first-order valence-electron chi connectivity index (χ1n) is 13.1. The minimum absolute atomic E-state index is 0.00791. The zero-order chi connectivity index (χ0) is 27.0. The summed E-state index contributed by atoms with van der Waals surface area (Å²) in [4.78, 5) is 17.6. The number of phenols is 1. The van der Waals surface area contributed by atoms with E-state index in [9.17, 15) is 23.1 Å². The molecule has 2 atom stereocenters. The first-order valence-corrected chi connectivity index (χ1v) is 13.1. The first-order chi connectivity index (χ1) is 18.3. The number of aromatic hydroxyl groups is 1. The highest BCUT2D eigenvalue weighted by atomic mass is 19.4. The average Bonchev–Trinajstić information content (AvgIpc) is 2.91. The number of carbonyl (C=O) groups is 1. The van der Waals surface area contributed by atoms with Crippen molar-refractivity contribution in [2.75, 3.05) is 59.1 Å². The van der Waals surface area contributed by atoms with E-state index in [1.807, 2.05) is 12.1 Å². The molecule has 0 spiro atoms. The van der Waals surface area contributed by atoms with Gasteiger partial charge >= 0.3 is 6.18 Å². The number of morpholine rings is 1. The Hall–Kier alpha value is -2.82. The lowest BCUT2D eigenvalue weighted by molar-refractivity contribution is -0.137. The van der Waals surface area contributed by atoms with Gasteiger partial charge in [-0.15, -0.1) is 0 Å². The highest BCUT2D eigenvalue weighted by Crippen LogP contribution is 2.32. The highest BCUT2D eigenvalue weighted by Gasteiger charge is 2.33. The first kappa shape index (κ1) is 28.2. The van der Waals surface area contributed by atoms with Crippen molar-refractivity contribution in [2.45, 2.75) is 25.6 Å². The van der Waals surface area contributed by atoms with E-state index in [1.54, 1.807) is 12.1 Å². The number of hydrogen-bond acceptors (Lipinski definition) is 6. The molecule has 2 fully saturated rings. The molecule has 38 heavy (non-hydrogen) atoms. The lowest BCUT2D eigenvalue weighted by Crippen LogP contribution is -2.47. The second-order valence-corrected chi connectivity index (χ2v) is 10.1. The van der Waals surface area contributed by atoms with Crippen LogP contribution in [0, 0.1) is 11.8 Å². The fourth-order valence-electron chi connectivity index (χ4n) is 5.06. The minimum Gasteiger partial charge on any atom is -0.508 e. The average molecular weight is 536 g/mol. The molecule has 2 aliphatic rings. The topological polar surface area (TPSA) is 74.3 Å². The van der Waals surface area contributed by atoms with Gasteiger partial charge in [0.25, 0.3) is 0 Å². The maximum Gasteiger partial charge on any atom is 0.416 e. The maximum absolute atomic E-state index is 13.1. The van der Waals surface area contributed by atoms with Gasteiger partial charge < -0.3 is 19.9 Å². The molecule has 0 unspecified atom stereocenters. The molecule has 0 bridgehead atoms. The summed E-state index contributed by atoms with van der Waals surface area (Å²) in [6, 6.07) is 11.8. The maximum atomic E-state index is 13.1. The zero-order valence-corrected chi connectivity index (χ0v) is 21.5. The number of phenolic OH excluding ortho intramolecular Hbond substituents is 1. The molecule has 0 saturated carbocycles. The summed E-state index contributed by atoms with van der Waals surface area (Å²) in [6.45, 7) is 6.87. The van der Waals surface area contributed by atoms with Crippen molar-refractivity contribution in [3.05, 3.63) is 59.7 Å². The van der Waals surface area contributed by atoms with Crippen LogP contribution in [0.15, 0.2) is 48.5 Å². The second kappa shape index (κ2) is 13.3. The Bertz CT molecular complexity index is 1030. The quantitative estimate of drug-likeness (QED) is 0.452. The second-order valence-electron chi connectivity index (χ2n) is 10.1. The van der Waals surface area contributed by atoms with Crippen LogP contribution in [0.4, 0.5) is 13.2 Å². The molecule has 4 rings (SSSR count). The van der Waals surface area contributed by atoms with Gasteiger partial charge in [0.15, 0.2) is 0 Å². The Labute approximate surface area is 221 Å². The van der Waals surface area contributed by atoms with Gasteiger partial charge in [-0.05, 0) is 55.3 Å². The summed E-state index contributed by atoms with van der Waals surface area (Å²) in [5.41, 5.74) is 0.258. The molecule has 0 radical (unpaired) electrons. The third kappa shape index (κ3) is 8.61. The van der Waals surface area contributed by atoms with Crippen molar-refractivity contribution in [3.63, 3.8) is 0 Å². The summed E-state index contributed by atoms with van der Waals surface area (Å²) in [7, 11) is 0. The molecule has 10 heteroatoms. The SMILES string of the molecule is O=C(NCCCN1CCOCC1)[C@@H]1C[C@H](COc2cccc(C(F)(F)F)c2)CN(Cc2ccc(O)cc2)C1. The van der Waals surface area contributed by atoms with Gasteiger partial charge in [0.1, 0.15) is 11.5 Å². The highest BCUT2D eigenvalue weighted by molar-refractivity contribution is 5.79. The van der Waals surface area contributed by atoms with E-state index in [-0.39, 0.29) is 35.8 Å². The van der Waals surface area contributed by atoms with E-state index in [1.165, 1.54) is 12.1 Å². The van der Waals surface area contributed by atoms with Crippen LogP contribution in [0.3, 0.4) is 0 Å². The number of carbonyl (C=O) groups excluding carboxylic acids is 1. The lowest BCUT2D eigenvalue weighted by Gasteiger charge is -2.37. The molecule has 208 valence electrons. The molecular formula is C28H36F3N3O4. The Kier molecular flexibility index (Phi) is 9.87. The minimum atomic E-state index is -4.43. The molecule has 7 nitrogen and oxygen atoms in total. The van der Waals surface area contributed by atoms with Crippen LogP contribution in [0.25, 0.3) is 0 Å². The van der Waals surface area contributed by atoms with E-state index in [4.69, 9.17) is 9.47 Å². The smallest absolute Gasteiger partial charge is 0.416 e. The number of nitrogens with one attached hydrogen (secondary N) is 1. The number of benzene rings is 2. The number of piperidine rings is 1. The summed E-state index contributed by atoms with van der Waals surface area (Å²) in [5.74, 6) is 0.0685. The molecule has 1 amide bonds. The van der Waals surface area contributed by atoms with Gasteiger partial charge in [0.05, 0.1) is 31.3 Å². The monoisotopic (exact) mass is 535 g/mol. The van der Waals surface area contributed by atoms with Crippen LogP contribution in [-0.2, 0) is 22.3 Å². The van der Waals surface area contributed by atoms with Gasteiger partial charge in [-0.3, -0.25) is 14.6 Å². The van der Waals surface area contributed by atoms with Gasteiger partial charge in [-0.1, -0.05) is 18.2 Å². The number of rotatable bonds is 10. The number of alkyl halides is 3. The van der Waals surface area contributed by atoms with Crippen LogP contribution >= 0.6 is 0 Å². The number of hydrogen-bond donors (Lipinski definition) is 2. The molecule has 2 N–H and O–H groups in total. The van der Waals surface area contributed by atoms with Gasteiger partial charge in [-0.2, -0.15) is 13.2 Å². The lowest BCUT2D eigenvalue weighted by atomic mass is 9.88. The molecule has 2 aromatic rings. The summed E-state index contributed by atoms with van der Waals surface area (Å²) >= 11 is 0. The van der Waals surface area contributed by atoms with Crippen molar-refractivity contribution in [1.29, 1.82) is 0 Å². The number of halogens is 3. The zero-order valence-electron chi connectivity index (χ0n) is 21.5. The third-order valence-electron chi connectivity index (χ3n) is 7.03. The predicted molar refractivity (Wildman–Crippen MR) is 137 cm³/mol. The van der Waals surface area contributed by atoms with Crippen molar-refractivity contribution < 1.29 is 32.5 Å². The van der Waals surface area contributed by atoms with E-state index < -0.39 is 11.7 Å². The van der Waals surface area contributed by atoms with E-state index in [2.05, 4.69) is 15.1 Å². The summed E-state index contributed by atoms with van der Waals surface area (Å²) < 4.78 is 50.4.